The van der Waals surface area contributed by atoms with Gasteiger partial charge in [0.25, 0.3) is 0 Å². The van der Waals surface area contributed by atoms with Crippen LogP contribution in [-0.4, -0.2) is 57.3 Å². The van der Waals surface area contributed by atoms with Crippen LogP contribution in [-0.2, 0) is 30.3 Å². The summed E-state index contributed by atoms with van der Waals surface area (Å²) in [5.74, 6) is -2.48. The zero-order valence-corrected chi connectivity index (χ0v) is 16.2. The van der Waals surface area contributed by atoms with Crippen LogP contribution in [0.3, 0.4) is 0 Å². The molecule has 3 heterocycles. The number of thiophene rings is 1. The summed E-state index contributed by atoms with van der Waals surface area (Å²) < 4.78 is 5.07. The number of carbonyl (C=O) groups excluding carboxylic acids is 3. The maximum absolute atomic E-state index is 12.5. The Kier molecular flexibility index (Phi) is 5.56. The molecule has 0 spiro atoms. The molecule has 0 bridgehead atoms. The van der Waals surface area contributed by atoms with E-state index in [0.717, 1.165) is 4.88 Å². The third-order valence-electron chi connectivity index (χ3n) is 4.29. The SMILES string of the molecule is CC(=O)OC(C)C1=CS[C@@H]2C(NC(=O)Cc3cccs3)C(=O)N2C1C(=O)O. The molecular weight excluding hydrogens is 392 g/mol. The lowest BCUT2D eigenvalue weighted by atomic mass is 9.95. The molecule has 0 aliphatic carbocycles. The Bertz CT molecular complexity index is 806. The van der Waals surface area contributed by atoms with Crippen molar-refractivity contribution in [3.05, 3.63) is 33.4 Å². The first-order chi connectivity index (χ1) is 12.8. The maximum Gasteiger partial charge on any atom is 0.330 e. The van der Waals surface area contributed by atoms with Gasteiger partial charge in [-0.25, -0.2) is 4.79 Å². The van der Waals surface area contributed by atoms with E-state index in [2.05, 4.69) is 5.32 Å². The fourth-order valence-corrected chi connectivity index (χ4v) is 5.12. The summed E-state index contributed by atoms with van der Waals surface area (Å²) >= 11 is 2.69. The molecule has 10 heteroatoms. The van der Waals surface area contributed by atoms with Gasteiger partial charge in [-0.05, 0) is 23.8 Å². The Balaban J connectivity index is 1.72. The molecule has 2 aliphatic rings. The highest BCUT2D eigenvalue weighted by Crippen LogP contribution is 2.41. The van der Waals surface area contributed by atoms with Crippen LogP contribution in [0.5, 0.6) is 0 Å². The average molecular weight is 410 g/mol. The van der Waals surface area contributed by atoms with Crippen molar-refractivity contribution in [1.82, 2.24) is 10.2 Å². The van der Waals surface area contributed by atoms with Crippen LogP contribution >= 0.6 is 23.1 Å². The third kappa shape index (κ3) is 3.86. The summed E-state index contributed by atoms with van der Waals surface area (Å²) in [5.41, 5.74) is 0.329. The fourth-order valence-electron chi connectivity index (χ4n) is 3.10. The van der Waals surface area contributed by atoms with Gasteiger partial charge < -0.3 is 20.1 Å². The van der Waals surface area contributed by atoms with Gasteiger partial charge in [-0.15, -0.1) is 23.1 Å². The molecular formula is C17H18N2O6S2. The first kappa shape index (κ1) is 19.4. The van der Waals surface area contributed by atoms with Crippen LogP contribution in [0.25, 0.3) is 0 Å². The first-order valence-corrected chi connectivity index (χ1v) is 10.0. The van der Waals surface area contributed by atoms with Gasteiger partial charge in [0.2, 0.25) is 11.8 Å². The number of aliphatic carboxylic acids is 1. The Morgan fingerprint density at radius 1 is 1.41 bits per heavy atom. The van der Waals surface area contributed by atoms with E-state index in [9.17, 15) is 24.3 Å². The number of β-lactam (4-membered cyclic amide) rings is 1. The largest absolute Gasteiger partial charge is 0.479 e. The summed E-state index contributed by atoms with van der Waals surface area (Å²) in [5, 5.41) is 15.3. The summed E-state index contributed by atoms with van der Waals surface area (Å²) in [7, 11) is 0. The van der Waals surface area contributed by atoms with Gasteiger partial charge in [0.15, 0.2) is 6.04 Å². The van der Waals surface area contributed by atoms with Gasteiger partial charge in [-0.3, -0.25) is 14.4 Å². The minimum atomic E-state index is -1.22. The summed E-state index contributed by atoms with van der Waals surface area (Å²) in [6, 6.07) is 1.68. The minimum absolute atomic E-state index is 0.172. The molecule has 1 aromatic heterocycles. The van der Waals surface area contributed by atoms with Gasteiger partial charge in [0, 0.05) is 17.4 Å². The monoisotopic (exact) mass is 410 g/mol. The molecule has 3 unspecified atom stereocenters. The molecule has 0 aromatic carbocycles. The second kappa shape index (κ2) is 7.73. The van der Waals surface area contributed by atoms with Crippen molar-refractivity contribution in [3.8, 4) is 0 Å². The summed E-state index contributed by atoms with van der Waals surface area (Å²) in [4.78, 5) is 49.7. The molecule has 4 atom stereocenters. The van der Waals surface area contributed by atoms with Crippen LogP contribution in [0.2, 0.25) is 0 Å². The number of esters is 1. The molecule has 2 amide bonds. The Morgan fingerprint density at radius 3 is 2.74 bits per heavy atom. The van der Waals surface area contributed by atoms with Crippen LogP contribution < -0.4 is 5.32 Å². The Labute approximate surface area is 163 Å². The molecule has 1 aromatic rings. The number of carbonyl (C=O) groups is 4. The van der Waals surface area contributed by atoms with Crippen molar-refractivity contribution in [2.45, 2.75) is 43.8 Å². The number of rotatable bonds is 6. The van der Waals surface area contributed by atoms with Crippen LogP contribution in [0.1, 0.15) is 18.7 Å². The minimum Gasteiger partial charge on any atom is -0.479 e. The lowest BCUT2D eigenvalue weighted by molar-refractivity contribution is -0.161. The van der Waals surface area contributed by atoms with E-state index in [0.29, 0.717) is 5.57 Å². The standard InChI is InChI=1S/C17H18N2O6S2/c1-8(25-9(2)20)11-7-27-16-13(15(22)19(16)14(11)17(23)24)18-12(21)6-10-4-3-5-26-10/h3-5,7-8,13-14,16H,6H2,1-2H3,(H,18,21)(H,23,24)/t8?,13?,14?,16-/m1/s1. The Hall–Kier alpha value is -2.33. The van der Waals surface area contributed by atoms with Crippen molar-refractivity contribution in [2.24, 2.45) is 0 Å². The number of amides is 2. The molecule has 3 rings (SSSR count). The van der Waals surface area contributed by atoms with Crippen molar-refractivity contribution in [1.29, 1.82) is 0 Å². The van der Waals surface area contributed by atoms with Crippen molar-refractivity contribution < 1.29 is 29.0 Å². The highest BCUT2D eigenvalue weighted by Gasteiger charge is 2.56. The number of nitrogens with one attached hydrogen (secondary N) is 1. The third-order valence-corrected chi connectivity index (χ3v) is 6.36. The van der Waals surface area contributed by atoms with Gasteiger partial charge >= 0.3 is 11.9 Å². The molecule has 0 saturated carbocycles. The van der Waals surface area contributed by atoms with Gasteiger partial charge in [0.05, 0.1) is 6.42 Å². The average Bonchev–Trinajstić information content (AvgIpc) is 3.10. The lowest BCUT2D eigenvalue weighted by Gasteiger charge is -2.51. The molecule has 1 fully saturated rings. The second-order valence-corrected chi connectivity index (χ2v) is 8.21. The predicted molar refractivity (Wildman–Crippen MR) is 98.9 cm³/mol. The molecule has 1 saturated heterocycles. The zero-order chi connectivity index (χ0) is 19.7. The Morgan fingerprint density at radius 2 is 2.15 bits per heavy atom. The number of thioether (sulfide) groups is 1. The second-order valence-electron chi connectivity index (χ2n) is 6.18. The normalized spacial score (nSPS) is 25.0. The van der Waals surface area contributed by atoms with E-state index >= 15 is 0 Å². The van der Waals surface area contributed by atoms with Crippen molar-refractivity contribution >= 4 is 46.9 Å². The highest BCUT2D eigenvalue weighted by atomic mass is 32.2. The number of hydrogen-bond acceptors (Lipinski definition) is 7. The molecule has 2 aliphatic heterocycles. The first-order valence-electron chi connectivity index (χ1n) is 8.19. The van der Waals surface area contributed by atoms with E-state index < -0.39 is 41.4 Å². The number of nitrogens with zero attached hydrogens (tertiary/aromatic N) is 1. The van der Waals surface area contributed by atoms with Gasteiger partial charge in [0.1, 0.15) is 17.5 Å². The number of hydrogen-bond donors (Lipinski definition) is 2. The smallest absolute Gasteiger partial charge is 0.330 e. The lowest BCUT2D eigenvalue weighted by Crippen LogP contribution is -2.74. The van der Waals surface area contributed by atoms with E-state index in [4.69, 9.17) is 4.74 Å². The number of ether oxygens (including phenoxy) is 1. The van der Waals surface area contributed by atoms with Crippen LogP contribution in [0, 0.1) is 0 Å². The zero-order valence-electron chi connectivity index (χ0n) is 14.6. The predicted octanol–water partition coefficient (Wildman–Crippen LogP) is 0.979. The quantitative estimate of drug-likeness (QED) is 0.531. The van der Waals surface area contributed by atoms with Crippen LogP contribution in [0.15, 0.2) is 28.5 Å². The van der Waals surface area contributed by atoms with E-state index in [1.54, 1.807) is 12.3 Å². The molecule has 144 valence electrons. The van der Waals surface area contributed by atoms with Crippen molar-refractivity contribution in [3.63, 3.8) is 0 Å². The topological polar surface area (TPSA) is 113 Å². The van der Waals surface area contributed by atoms with Gasteiger partial charge in [-0.2, -0.15) is 0 Å². The molecule has 27 heavy (non-hydrogen) atoms. The summed E-state index contributed by atoms with van der Waals surface area (Å²) in [6.45, 7) is 2.80. The van der Waals surface area contributed by atoms with Crippen LogP contribution in [0.4, 0.5) is 0 Å². The van der Waals surface area contributed by atoms with Gasteiger partial charge in [-0.1, -0.05) is 6.07 Å². The van der Waals surface area contributed by atoms with Crippen molar-refractivity contribution in [2.75, 3.05) is 0 Å². The molecule has 0 radical (unpaired) electrons. The molecule has 8 nitrogen and oxygen atoms in total. The van der Waals surface area contributed by atoms with E-state index in [1.165, 1.54) is 34.9 Å². The highest BCUT2D eigenvalue weighted by molar-refractivity contribution is 8.03. The maximum atomic E-state index is 12.5. The van der Waals surface area contributed by atoms with E-state index in [1.807, 2.05) is 17.5 Å². The van der Waals surface area contributed by atoms with E-state index in [-0.39, 0.29) is 12.3 Å². The number of carboxylic acid groups (broad SMARTS) is 1. The number of carboxylic acids is 1. The summed E-state index contributed by atoms with van der Waals surface area (Å²) in [6.07, 6.45) is -0.594. The fraction of sp³-hybridized carbons (Fsp3) is 0.412. The molecule has 2 N–H and O–H groups in total. The number of fused-ring (bicyclic) bond motifs is 1.